The molecule has 0 atom stereocenters. The summed E-state index contributed by atoms with van der Waals surface area (Å²) in [7, 11) is 0. The van der Waals surface area contributed by atoms with Gasteiger partial charge in [-0.05, 0) is 31.0 Å². The number of fused-ring (bicyclic) bond motifs is 1. The Bertz CT molecular complexity index is 908. The van der Waals surface area contributed by atoms with Gasteiger partial charge in [0.15, 0.2) is 5.78 Å². The number of hydrogen-bond donors (Lipinski definition) is 1. The van der Waals surface area contributed by atoms with E-state index in [1.807, 2.05) is 18.2 Å². The Hall–Kier alpha value is -2.29. The number of rotatable bonds is 2. The summed E-state index contributed by atoms with van der Waals surface area (Å²) < 4.78 is 0. The number of para-hydroxylation sites is 1. The Morgan fingerprint density at radius 1 is 1.08 bits per heavy atom. The molecule has 0 saturated carbocycles. The largest absolute Gasteiger partial charge is 0.512 e. The van der Waals surface area contributed by atoms with Gasteiger partial charge in [-0.25, -0.2) is 0 Å². The minimum absolute atomic E-state index is 0. The molecule has 1 aromatic heterocycles. The first-order chi connectivity index (χ1) is 11.8. The van der Waals surface area contributed by atoms with Gasteiger partial charge in [0.2, 0.25) is 0 Å². The fourth-order valence-corrected chi connectivity index (χ4v) is 2.54. The Morgan fingerprint density at radius 3 is 2.35 bits per heavy atom. The number of benzene rings is 2. The van der Waals surface area contributed by atoms with E-state index in [2.05, 4.69) is 50.2 Å². The van der Waals surface area contributed by atoms with E-state index in [1.165, 1.54) is 30.9 Å². The molecular weight excluding hydrogens is 502 g/mol. The van der Waals surface area contributed by atoms with Crippen molar-refractivity contribution in [3.05, 3.63) is 77.6 Å². The quantitative estimate of drug-likeness (QED) is 0.279. The molecule has 0 aliphatic heterocycles. The van der Waals surface area contributed by atoms with Crippen LogP contribution >= 0.6 is 0 Å². The molecule has 3 aromatic rings. The minimum Gasteiger partial charge on any atom is -0.512 e. The minimum atomic E-state index is -0.125. The van der Waals surface area contributed by atoms with Crippen LogP contribution < -0.4 is 0 Å². The van der Waals surface area contributed by atoms with Gasteiger partial charge < -0.3 is 5.11 Å². The molecule has 0 fully saturated rings. The van der Waals surface area contributed by atoms with E-state index in [-0.39, 0.29) is 31.6 Å². The summed E-state index contributed by atoms with van der Waals surface area (Å²) in [5.74, 6) is -0.0625. The third-order valence-corrected chi connectivity index (χ3v) is 3.43. The van der Waals surface area contributed by atoms with Crippen LogP contribution in [0.4, 0.5) is 0 Å². The number of hydrogen-bond acceptors (Lipinski definition) is 3. The number of aliphatic hydroxyl groups is 1. The fraction of sp³-hybridized carbons (Fsp3) is 0.182. The standard InChI is InChI=1S/C17H14N.C5H8O2.Ir/c1-12-9-13(2)11-15(10-12)17-8-7-14-5-3-4-6-16(14)18-17;1-4(6)3-5(2)7;/h3-10H,1-2H3;3,6H,1-2H3;/q-1;;/b;4-3-;. The summed E-state index contributed by atoms with van der Waals surface area (Å²) in [6.07, 6.45) is 1.17. The summed E-state index contributed by atoms with van der Waals surface area (Å²) in [5.41, 5.74) is 5.48. The molecule has 0 aliphatic rings. The number of nitrogens with zero attached hydrogens (tertiary/aromatic N) is 1. The van der Waals surface area contributed by atoms with Crippen molar-refractivity contribution < 1.29 is 30.0 Å². The van der Waals surface area contributed by atoms with E-state index in [9.17, 15) is 4.79 Å². The molecule has 0 saturated heterocycles. The van der Waals surface area contributed by atoms with Crippen molar-refractivity contribution in [1.29, 1.82) is 0 Å². The van der Waals surface area contributed by atoms with E-state index in [1.54, 1.807) is 0 Å². The normalized spacial score (nSPS) is 10.5. The molecule has 4 heteroatoms. The number of aryl methyl sites for hydroxylation is 2. The molecule has 3 rings (SSSR count). The van der Waals surface area contributed by atoms with E-state index in [0.717, 1.165) is 22.3 Å². The van der Waals surface area contributed by atoms with Gasteiger partial charge in [0.25, 0.3) is 0 Å². The molecule has 0 amide bonds. The van der Waals surface area contributed by atoms with Crippen molar-refractivity contribution in [2.24, 2.45) is 0 Å². The predicted octanol–water partition coefficient (Wildman–Crippen LogP) is 5.35. The molecule has 1 heterocycles. The Balaban J connectivity index is 0.000000366. The van der Waals surface area contributed by atoms with Crippen molar-refractivity contribution in [2.45, 2.75) is 27.7 Å². The smallest absolute Gasteiger partial charge is 0.155 e. The number of carbonyl (C=O) groups is 1. The second-order valence-corrected chi connectivity index (χ2v) is 6.04. The molecule has 0 spiro atoms. The zero-order chi connectivity index (χ0) is 18.4. The number of aliphatic hydroxyl groups excluding tert-OH is 1. The number of pyridine rings is 1. The predicted molar refractivity (Wildman–Crippen MR) is 103 cm³/mol. The first kappa shape index (κ1) is 21.8. The van der Waals surface area contributed by atoms with Gasteiger partial charge in [0, 0.05) is 26.2 Å². The molecular formula is C22H22IrNO2-. The average molecular weight is 525 g/mol. The molecule has 3 nitrogen and oxygen atoms in total. The number of aromatic nitrogens is 1. The van der Waals surface area contributed by atoms with Crippen LogP contribution in [0.3, 0.4) is 0 Å². The average Bonchev–Trinajstić information content (AvgIpc) is 2.53. The Labute approximate surface area is 168 Å². The summed E-state index contributed by atoms with van der Waals surface area (Å²) >= 11 is 0. The second kappa shape index (κ2) is 10.0. The van der Waals surface area contributed by atoms with Crippen molar-refractivity contribution in [3.8, 4) is 11.3 Å². The maximum atomic E-state index is 10.0. The maximum absolute atomic E-state index is 10.0. The first-order valence-electron chi connectivity index (χ1n) is 8.10. The number of allylic oxidation sites excluding steroid dienone is 2. The van der Waals surface area contributed by atoms with Crippen LogP contribution in [0.5, 0.6) is 0 Å². The molecule has 0 bridgehead atoms. The molecule has 0 unspecified atom stereocenters. The van der Waals surface area contributed by atoms with E-state index >= 15 is 0 Å². The summed E-state index contributed by atoms with van der Waals surface area (Å²) in [6, 6.07) is 20.0. The summed E-state index contributed by atoms with van der Waals surface area (Å²) in [6.45, 7) is 7.02. The van der Waals surface area contributed by atoms with E-state index < -0.39 is 0 Å². The van der Waals surface area contributed by atoms with Gasteiger partial charge in [0.1, 0.15) is 0 Å². The van der Waals surface area contributed by atoms with Gasteiger partial charge in [-0.3, -0.25) is 9.78 Å². The monoisotopic (exact) mass is 525 g/mol. The molecule has 1 N–H and O–H groups in total. The number of ketones is 1. The van der Waals surface area contributed by atoms with Crippen LogP contribution in [-0.2, 0) is 24.9 Å². The molecule has 2 aromatic carbocycles. The van der Waals surface area contributed by atoms with Crippen molar-refractivity contribution in [2.75, 3.05) is 0 Å². The van der Waals surface area contributed by atoms with Crippen molar-refractivity contribution >= 4 is 16.7 Å². The Kier molecular flexibility index (Phi) is 8.37. The Morgan fingerprint density at radius 2 is 1.77 bits per heavy atom. The van der Waals surface area contributed by atoms with Gasteiger partial charge >= 0.3 is 0 Å². The third-order valence-electron chi connectivity index (χ3n) is 3.43. The van der Waals surface area contributed by atoms with Crippen LogP contribution in [-0.4, -0.2) is 15.9 Å². The van der Waals surface area contributed by atoms with Crippen molar-refractivity contribution in [1.82, 2.24) is 4.98 Å². The maximum Gasteiger partial charge on any atom is 0.155 e. The van der Waals surface area contributed by atoms with Crippen LogP contribution in [0.25, 0.3) is 22.2 Å². The fourth-order valence-electron chi connectivity index (χ4n) is 2.54. The van der Waals surface area contributed by atoms with Crippen LogP contribution in [0.15, 0.2) is 60.4 Å². The van der Waals surface area contributed by atoms with Gasteiger partial charge in [-0.2, -0.15) is 0 Å². The number of carbonyl (C=O) groups excluding carboxylic acids is 1. The zero-order valence-electron chi connectivity index (χ0n) is 15.3. The second-order valence-electron chi connectivity index (χ2n) is 6.04. The van der Waals surface area contributed by atoms with Crippen LogP contribution in [0.1, 0.15) is 25.0 Å². The topological polar surface area (TPSA) is 50.2 Å². The van der Waals surface area contributed by atoms with Gasteiger partial charge in [-0.1, -0.05) is 44.2 Å². The van der Waals surface area contributed by atoms with E-state index in [0.29, 0.717) is 0 Å². The van der Waals surface area contributed by atoms with Crippen molar-refractivity contribution in [3.63, 3.8) is 0 Å². The molecule has 26 heavy (non-hydrogen) atoms. The zero-order valence-corrected chi connectivity index (χ0v) is 17.7. The van der Waals surface area contributed by atoms with E-state index in [4.69, 9.17) is 10.1 Å². The summed E-state index contributed by atoms with van der Waals surface area (Å²) in [5, 5.41) is 9.53. The molecule has 137 valence electrons. The summed E-state index contributed by atoms with van der Waals surface area (Å²) in [4.78, 5) is 14.7. The molecule has 0 aliphatic carbocycles. The SMILES string of the molecule is CC(=O)/C=C(/C)O.Cc1[c-]c(-c2ccc3ccccc3n2)cc(C)c1.[Ir]. The van der Waals surface area contributed by atoms with Crippen LogP contribution in [0.2, 0.25) is 0 Å². The van der Waals surface area contributed by atoms with Gasteiger partial charge in [0.05, 0.1) is 11.3 Å². The first-order valence-corrected chi connectivity index (χ1v) is 8.10. The van der Waals surface area contributed by atoms with Gasteiger partial charge in [-0.15, -0.1) is 34.9 Å². The third kappa shape index (κ3) is 6.55. The molecule has 1 radical (unpaired) electrons. The van der Waals surface area contributed by atoms with Crippen LogP contribution in [0, 0.1) is 19.9 Å².